The van der Waals surface area contributed by atoms with Crippen molar-refractivity contribution in [2.24, 2.45) is 7.05 Å². The summed E-state index contributed by atoms with van der Waals surface area (Å²) >= 11 is 5.51. The molecule has 1 fully saturated rings. The van der Waals surface area contributed by atoms with Crippen LogP contribution in [0, 0.1) is 0 Å². The Kier molecular flexibility index (Phi) is 3.91. The third kappa shape index (κ3) is 2.51. The van der Waals surface area contributed by atoms with Gasteiger partial charge in [-0.3, -0.25) is 9.59 Å². The Morgan fingerprint density at radius 2 is 1.83 bits per heavy atom. The molecule has 0 aromatic carbocycles. The van der Waals surface area contributed by atoms with Gasteiger partial charge in [0.1, 0.15) is 11.6 Å². The molecule has 1 aliphatic heterocycles. The topological polar surface area (TPSA) is 45.6 Å². The third-order valence-corrected chi connectivity index (χ3v) is 3.43. The molecule has 0 spiro atoms. The molecule has 18 heavy (non-hydrogen) atoms. The van der Waals surface area contributed by atoms with Gasteiger partial charge in [-0.25, -0.2) is 0 Å². The summed E-state index contributed by atoms with van der Waals surface area (Å²) in [6, 6.07) is 3.65. The van der Waals surface area contributed by atoms with Gasteiger partial charge >= 0.3 is 0 Å². The van der Waals surface area contributed by atoms with Gasteiger partial charge in [-0.05, 0) is 12.1 Å². The first-order valence-corrected chi connectivity index (χ1v) is 6.41. The van der Waals surface area contributed by atoms with Crippen LogP contribution in [0.3, 0.4) is 0 Å². The van der Waals surface area contributed by atoms with Crippen molar-refractivity contribution < 1.29 is 9.59 Å². The lowest BCUT2D eigenvalue weighted by molar-refractivity contribution is -0.129. The van der Waals surface area contributed by atoms with Crippen LogP contribution in [-0.2, 0) is 11.8 Å². The molecule has 0 unspecified atom stereocenters. The number of piperazine rings is 1. The van der Waals surface area contributed by atoms with Gasteiger partial charge in [-0.2, -0.15) is 0 Å². The average Bonchev–Trinajstić information content (AvgIpc) is 2.83. The minimum Gasteiger partial charge on any atom is -0.347 e. The summed E-state index contributed by atoms with van der Waals surface area (Å²) < 4.78 is 1.80. The number of carbonyl (C=O) groups is 2. The predicted molar refractivity (Wildman–Crippen MR) is 68.6 cm³/mol. The van der Waals surface area contributed by atoms with Crippen LogP contribution < -0.4 is 0 Å². The molecule has 1 aromatic heterocycles. The van der Waals surface area contributed by atoms with E-state index in [0.717, 1.165) is 0 Å². The van der Waals surface area contributed by atoms with Gasteiger partial charge in [0, 0.05) is 39.4 Å². The van der Waals surface area contributed by atoms with Crippen molar-refractivity contribution in [3.63, 3.8) is 0 Å². The van der Waals surface area contributed by atoms with Crippen molar-refractivity contribution in [2.45, 2.75) is 0 Å². The van der Waals surface area contributed by atoms with E-state index < -0.39 is 0 Å². The van der Waals surface area contributed by atoms with Gasteiger partial charge in [0.25, 0.3) is 5.91 Å². The Bertz CT molecular complexity index is 450. The van der Waals surface area contributed by atoms with Crippen LogP contribution in [0.25, 0.3) is 0 Å². The molecule has 6 heteroatoms. The number of hydrogen-bond acceptors (Lipinski definition) is 2. The molecular weight excluding hydrogens is 254 g/mol. The van der Waals surface area contributed by atoms with Crippen molar-refractivity contribution in [3.8, 4) is 0 Å². The zero-order valence-electron chi connectivity index (χ0n) is 10.3. The summed E-state index contributed by atoms with van der Waals surface area (Å²) in [5.74, 6) is -0.0470. The molecule has 2 heterocycles. The third-order valence-electron chi connectivity index (χ3n) is 3.20. The zero-order chi connectivity index (χ0) is 13.1. The van der Waals surface area contributed by atoms with Crippen molar-refractivity contribution >= 4 is 23.4 Å². The van der Waals surface area contributed by atoms with E-state index in [1.165, 1.54) is 0 Å². The highest BCUT2D eigenvalue weighted by atomic mass is 35.5. The van der Waals surface area contributed by atoms with E-state index in [1.807, 2.05) is 19.3 Å². The molecule has 2 rings (SSSR count). The Labute approximate surface area is 111 Å². The van der Waals surface area contributed by atoms with E-state index in [0.29, 0.717) is 31.9 Å². The summed E-state index contributed by atoms with van der Waals surface area (Å²) in [7, 11) is 1.85. The van der Waals surface area contributed by atoms with Gasteiger partial charge in [0.15, 0.2) is 0 Å². The molecular formula is C12H16ClN3O2. The van der Waals surface area contributed by atoms with Crippen LogP contribution in [0.15, 0.2) is 18.3 Å². The van der Waals surface area contributed by atoms with Crippen LogP contribution in [0.5, 0.6) is 0 Å². The number of nitrogens with zero attached hydrogens (tertiary/aromatic N) is 3. The highest BCUT2D eigenvalue weighted by molar-refractivity contribution is 6.27. The molecule has 0 saturated carbocycles. The van der Waals surface area contributed by atoms with Crippen LogP contribution >= 0.6 is 11.6 Å². The van der Waals surface area contributed by atoms with Crippen molar-refractivity contribution in [2.75, 3.05) is 32.1 Å². The molecule has 98 valence electrons. The number of amides is 2. The SMILES string of the molecule is Cn1cccc1C(=O)N1CCN(C(=O)CCl)CC1. The number of aryl methyl sites for hydroxylation is 1. The van der Waals surface area contributed by atoms with Crippen LogP contribution in [0.1, 0.15) is 10.5 Å². The van der Waals surface area contributed by atoms with E-state index in [2.05, 4.69) is 0 Å². The maximum absolute atomic E-state index is 12.2. The van der Waals surface area contributed by atoms with Crippen molar-refractivity contribution in [1.29, 1.82) is 0 Å². The van der Waals surface area contributed by atoms with Gasteiger partial charge < -0.3 is 14.4 Å². The second kappa shape index (κ2) is 5.44. The highest BCUT2D eigenvalue weighted by Crippen LogP contribution is 2.09. The Morgan fingerprint density at radius 3 is 2.33 bits per heavy atom. The first-order valence-electron chi connectivity index (χ1n) is 5.88. The molecule has 1 aliphatic rings. The van der Waals surface area contributed by atoms with E-state index >= 15 is 0 Å². The highest BCUT2D eigenvalue weighted by Gasteiger charge is 2.25. The monoisotopic (exact) mass is 269 g/mol. The lowest BCUT2D eigenvalue weighted by Gasteiger charge is -2.34. The van der Waals surface area contributed by atoms with Crippen molar-refractivity contribution in [1.82, 2.24) is 14.4 Å². The standard InChI is InChI=1S/C12H16ClN3O2/c1-14-4-2-3-10(14)12(18)16-7-5-15(6-8-16)11(17)9-13/h2-4H,5-9H2,1H3. The summed E-state index contributed by atoms with van der Waals surface area (Å²) in [5, 5.41) is 0. The summed E-state index contributed by atoms with van der Waals surface area (Å²) in [6.07, 6.45) is 1.85. The van der Waals surface area contributed by atoms with E-state index in [-0.39, 0.29) is 17.7 Å². The minimum atomic E-state index is -0.0670. The second-order valence-electron chi connectivity index (χ2n) is 4.31. The van der Waals surface area contributed by atoms with Crippen molar-refractivity contribution in [3.05, 3.63) is 24.0 Å². The molecule has 1 aromatic rings. The molecule has 0 aliphatic carbocycles. The maximum atomic E-state index is 12.2. The first-order chi connectivity index (χ1) is 8.63. The molecule has 0 radical (unpaired) electrons. The van der Waals surface area contributed by atoms with E-state index in [9.17, 15) is 9.59 Å². The smallest absolute Gasteiger partial charge is 0.270 e. The number of carbonyl (C=O) groups excluding carboxylic acids is 2. The van der Waals surface area contributed by atoms with Gasteiger partial charge in [-0.1, -0.05) is 0 Å². The predicted octanol–water partition coefficient (Wildman–Crippen LogP) is 0.548. The Hall–Kier alpha value is -1.49. The fourth-order valence-corrected chi connectivity index (χ4v) is 2.26. The van der Waals surface area contributed by atoms with Gasteiger partial charge in [0.2, 0.25) is 5.91 Å². The molecule has 0 atom stereocenters. The maximum Gasteiger partial charge on any atom is 0.270 e. The zero-order valence-corrected chi connectivity index (χ0v) is 11.1. The van der Waals surface area contributed by atoms with E-state index in [1.54, 1.807) is 20.4 Å². The largest absolute Gasteiger partial charge is 0.347 e. The Balaban J connectivity index is 1.96. The number of rotatable bonds is 2. The van der Waals surface area contributed by atoms with Crippen LogP contribution in [-0.4, -0.2) is 58.2 Å². The first kappa shape index (κ1) is 13.0. The minimum absolute atomic E-state index is 0.00571. The molecule has 0 N–H and O–H groups in total. The Morgan fingerprint density at radius 1 is 1.22 bits per heavy atom. The average molecular weight is 270 g/mol. The number of aromatic nitrogens is 1. The number of hydrogen-bond donors (Lipinski definition) is 0. The molecule has 0 bridgehead atoms. The quantitative estimate of drug-likeness (QED) is 0.736. The van der Waals surface area contributed by atoms with Crippen LogP contribution in [0.4, 0.5) is 0 Å². The lowest BCUT2D eigenvalue weighted by atomic mass is 10.2. The normalized spacial score (nSPS) is 15.9. The fraction of sp³-hybridized carbons (Fsp3) is 0.500. The summed E-state index contributed by atoms with van der Waals surface area (Å²) in [5.41, 5.74) is 0.673. The summed E-state index contributed by atoms with van der Waals surface area (Å²) in [4.78, 5) is 27.1. The number of halogens is 1. The van der Waals surface area contributed by atoms with Gasteiger partial charge in [0.05, 0.1) is 0 Å². The molecule has 2 amide bonds. The lowest BCUT2D eigenvalue weighted by Crippen LogP contribution is -2.51. The van der Waals surface area contributed by atoms with E-state index in [4.69, 9.17) is 11.6 Å². The van der Waals surface area contributed by atoms with Gasteiger partial charge in [-0.15, -0.1) is 11.6 Å². The van der Waals surface area contributed by atoms with Crippen LogP contribution in [0.2, 0.25) is 0 Å². The summed E-state index contributed by atoms with van der Waals surface area (Å²) in [6.45, 7) is 2.24. The fourth-order valence-electron chi connectivity index (χ4n) is 2.09. The molecule has 1 saturated heterocycles. The molecule has 5 nitrogen and oxygen atoms in total. The second-order valence-corrected chi connectivity index (χ2v) is 4.58. The number of alkyl halides is 1.